The molecule has 1 aromatic rings. The molecule has 1 aromatic carbocycles. The number of benzene rings is 1. The quantitative estimate of drug-likeness (QED) is 0.562. The maximum atomic E-state index is 8.69. The molecule has 0 N–H and O–H groups in total. The zero-order valence-corrected chi connectivity index (χ0v) is 7.48. The monoisotopic (exact) mass is 173 g/mol. The van der Waals surface area contributed by atoms with Crippen LogP contribution in [-0.2, 0) is 0 Å². The van der Waals surface area contributed by atoms with Crippen molar-refractivity contribution in [3.8, 4) is 17.2 Å². The summed E-state index contributed by atoms with van der Waals surface area (Å²) in [6.45, 7) is 0. The van der Waals surface area contributed by atoms with Gasteiger partial charge in [-0.25, -0.2) is 0 Å². The molecule has 0 aliphatic rings. The van der Waals surface area contributed by atoms with Gasteiger partial charge in [0.15, 0.2) is 0 Å². The van der Waals surface area contributed by atoms with E-state index >= 15 is 0 Å². The molecule has 0 aromatic heterocycles. The van der Waals surface area contributed by atoms with Crippen molar-refractivity contribution in [2.24, 2.45) is 0 Å². The Kier molecular flexibility index (Phi) is 3.26. The van der Waals surface area contributed by atoms with Gasteiger partial charge in [-0.3, -0.25) is 0 Å². The Morgan fingerprint density at radius 1 is 1.25 bits per heavy atom. The minimum absolute atomic E-state index is 0.638. The molecule has 0 amide bonds. The van der Waals surface area contributed by atoms with Crippen LogP contribution in [0.15, 0.2) is 24.3 Å². The first-order valence-electron chi connectivity index (χ1n) is 3.41. The van der Waals surface area contributed by atoms with E-state index in [1.165, 1.54) is 11.8 Å². The molecule has 0 aliphatic heterocycles. The zero-order valence-electron chi connectivity index (χ0n) is 6.66. The van der Waals surface area contributed by atoms with Crippen LogP contribution in [0, 0.1) is 22.5 Å². The Bertz CT molecular complexity index is 365. The Labute approximate surface area is 76.4 Å². The minimum Gasteiger partial charge on any atom is -0.192 e. The van der Waals surface area contributed by atoms with E-state index in [0.29, 0.717) is 5.56 Å². The highest BCUT2D eigenvalue weighted by Gasteiger charge is 1.94. The largest absolute Gasteiger partial charge is 0.192 e. The van der Waals surface area contributed by atoms with Crippen LogP contribution in [0.5, 0.6) is 0 Å². The topological polar surface area (TPSA) is 23.8 Å². The summed E-state index contributed by atoms with van der Waals surface area (Å²) in [6, 6.07) is 9.43. The fourth-order valence-corrected chi connectivity index (χ4v) is 1.01. The average molecular weight is 173 g/mol. The molecular weight excluding hydrogens is 166 g/mol. The second-order valence-electron chi connectivity index (χ2n) is 2.09. The standard InChI is InChI=1S/C10H7NS/c1-12-7-6-9-4-2-3-5-10(9)8-11/h2-5H,1H3. The van der Waals surface area contributed by atoms with Crippen LogP contribution in [0.1, 0.15) is 11.1 Å². The predicted molar refractivity (Wildman–Crippen MR) is 51.6 cm³/mol. The van der Waals surface area contributed by atoms with E-state index in [0.717, 1.165) is 5.56 Å². The van der Waals surface area contributed by atoms with Gasteiger partial charge in [0.1, 0.15) is 6.07 Å². The lowest BCUT2D eigenvalue weighted by molar-refractivity contribution is 1.47. The fourth-order valence-electron chi connectivity index (χ4n) is 0.796. The zero-order chi connectivity index (χ0) is 8.81. The highest BCUT2D eigenvalue weighted by atomic mass is 32.2. The molecular formula is C10H7NS. The van der Waals surface area contributed by atoms with Crippen LogP contribution in [0.25, 0.3) is 0 Å². The van der Waals surface area contributed by atoms with E-state index in [9.17, 15) is 0 Å². The number of nitrogens with zero attached hydrogens (tertiary/aromatic N) is 1. The van der Waals surface area contributed by atoms with Crippen LogP contribution >= 0.6 is 11.8 Å². The highest BCUT2D eigenvalue weighted by molar-refractivity contribution is 8.03. The Balaban J connectivity index is 3.07. The van der Waals surface area contributed by atoms with E-state index < -0.39 is 0 Å². The Morgan fingerprint density at radius 2 is 1.92 bits per heavy atom. The molecule has 0 heterocycles. The van der Waals surface area contributed by atoms with Gasteiger partial charge in [-0.15, -0.1) is 0 Å². The summed E-state index contributed by atoms with van der Waals surface area (Å²) >= 11 is 1.45. The molecule has 58 valence electrons. The number of nitriles is 1. The molecule has 0 saturated carbocycles. The van der Waals surface area contributed by atoms with E-state index in [1.807, 2.05) is 24.5 Å². The summed E-state index contributed by atoms with van der Waals surface area (Å²) < 4.78 is 0. The molecule has 0 saturated heterocycles. The maximum Gasteiger partial charge on any atom is 0.100 e. The average Bonchev–Trinajstić information content (AvgIpc) is 2.15. The van der Waals surface area contributed by atoms with Crippen molar-refractivity contribution in [2.45, 2.75) is 0 Å². The van der Waals surface area contributed by atoms with Crippen molar-refractivity contribution in [3.63, 3.8) is 0 Å². The van der Waals surface area contributed by atoms with Crippen molar-refractivity contribution in [1.82, 2.24) is 0 Å². The number of hydrogen-bond donors (Lipinski definition) is 0. The lowest BCUT2D eigenvalue weighted by Crippen LogP contribution is -1.80. The van der Waals surface area contributed by atoms with Crippen molar-refractivity contribution in [3.05, 3.63) is 35.4 Å². The van der Waals surface area contributed by atoms with Crippen LogP contribution < -0.4 is 0 Å². The molecule has 12 heavy (non-hydrogen) atoms. The van der Waals surface area contributed by atoms with Crippen molar-refractivity contribution in [1.29, 1.82) is 5.26 Å². The van der Waals surface area contributed by atoms with Crippen LogP contribution in [-0.4, -0.2) is 6.26 Å². The molecule has 0 spiro atoms. The molecule has 0 unspecified atom stereocenters. The third kappa shape index (κ3) is 2.05. The first-order chi connectivity index (χ1) is 5.88. The second-order valence-corrected chi connectivity index (χ2v) is 2.70. The van der Waals surface area contributed by atoms with Gasteiger partial charge in [0, 0.05) is 5.56 Å². The minimum atomic E-state index is 0.638. The number of rotatable bonds is 0. The van der Waals surface area contributed by atoms with Crippen molar-refractivity contribution < 1.29 is 0 Å². The maximum absolute atomic E-state index is 8.69. The van der Waals surface area contributed by atoms with Gasteiger partial charge >= 0.3 is 0 Å². The molecule has 1 nitrogen and oxygen atoms in total. The lowest BCUT2D eigenvalue weighted by atomic mass is 10.1. The summed E-state index contributed by atoms with van der Waals surface area (Å²) in [6.07, 6.45) is 1.90. The fraction of sp³-hybridized carbons (Fsp3) is 0.100. The second kappa shape index (κ2) is 4.49. The van der Waals surface area contributed by atoms with Gasteiger partial charge in [-0.2, -0.15) is 5.26 Å². The summed E-state index contributed by atoms with van der Waals surface area (Å²) in [7, 11) is 0. The third-order valence-electron chi connectivity index (χ3n) is 1.34. The van der Waals surface area contributed by atoms with Crippen molar-refractivity contribution in [2.75, 3.05) is 6.26 Å². The molecule has 0 aliphatic carbocycles. The van der Waals surface area contributed by atoms with Gasteiger partial charge in [0.2, 0.25) is 0 Å². The Morgan fingerprint density at radius 3 is 2.50 bits per heavy atom. The molecule has 0 radical (unpaired) electrons. The van der Waals surface area contributed by atoms with Crippen LogP contribution in [0.3, 0.4) is 0 Å². The molecule has 0 bridgehead atoms. The van der Waals surface area contributed by atoms with E-state index in [1.54, 1.807) is 6.07 Å². The molecule has 0 fully saturated rings. The van der Waals surface area contributed by atoms with E-state index in [4.69, 9.17) is 5.26 Å². The number of hydrogen-bond acceptors (Lipinski definition) is 2. The molecule has 1 rings (SSSR count). The summed E-state index contributed by atoms with van der Waals surface area (Å²) in [4.78, 5) is 0. The van der Waals surface area contributed by atoms with Gasteiger partial charge in [0.25, 0.3) is 0 Å². The van der Waals surface area contributed by atoms with Crippen LogP contribution in [0.2, 0.25) is 0 Å². The van der Waals surface area contributed by atoms with Gasteiger partial charge < -0.3 is 0 Å². The predicted octanol–water partition coefficient (Wildman–Crippen LogP) is 2.23. The normalized spacial score (nSPS) is 8.00. The molecule has 2 heteroatoms. The lowest BCUT2D eigenvalue weighted by Gasteiger charge is -1.91. The number of thioether (sulfide) groups is 1. The SMILES string of the molecule is CSC#Cc1ccccc1C#N. The van der Waals surface area contributed by atoms with E-state index in [-0.39, 0.29) is 0 Å². The molecule has 0 atom stereocenters. The van der Waals surface area contributed by atoms with Gasteiger partial charge in [-0.1, -0.05) is 29.8 Å². The smallest absolute Gasteiger partial charge is 0.100 e. The van der Waals surface area contributed by atoms with Crippen molar-refractivity contribution >= 4 is 11.8 Å². The highest BCUT2D eigenvalue weighted by Crippen LogP contribution is 2.05. The van der Waals surface area contributed by atoms with Gasteiger partial charge in [0.05, 0.1) is 5.56 Å². The van der Waals surface area contributed by atoms with E-state index in [2.05, 4.69) is 17.2 Å². The first kappa shape index (κ1) is 8.71. The Hall–Kier alpha value is -1.38. The van der Waals surface area contributed by atoms with Gasteiger partial charge in [-0.05, 0) is 23.6 Å². The third-order valence-corrected chi connectivity index (χ3v) is 1.64. The summed E-state index contributed by atoms with van der Waals surface area (Å²) in [5.74, 6) is 2.90. The summed E-state index contributed by atoms with van der Waals surface area (Å²) in [5.41, 5.74) is 1.44. The van der Waals surface area contributed by atoms with Crippen LogP contribution in [0.4, 0.5) is 0 Å². The first-order valence-corrected chi connectivity index (χ1v) is 4.64. The summed E-state index contributed by atoms with van der Waals surface area (Å²) in [5, 5.41) is 11.5.